The van der Waals surface area contributed by atoms with Crippen LogP contribution in [0.1, 0.15) is 26.7 Å². The predicted molar refractivity (Wildman–Crippen MR) is 64.8 cm³/mol. The normalized spacial score (nSPS) is 16.7. The third kappa shape index (κ3) is 3.76. The Hall–Kier alpha value is -1.52. The molecule has 1 atom stereocenters. The number of urea groups is 1. The molecule has 0 aromatic rings. The van der Waals surface area contributed by atoms with Gasteiger partial charge in [-0.1, -0.05) is 12.2 Å². The molecule has 0 aromatic heterocycles. The number of rotatable bonds is 4. The Bertz CT molecular complexity index is 315. The molecule has 0 aromatic carbocycles. The average molecular weight is 240 g/mol. The van der Waals surface area contributed by atoms with E-state index in [0.717, 1.165) is 6.42 Å². The SMILES string of the molecule is CCN(C(=O)N1CC=CCC1)C(C)CC(=O)O. The van der Waals surface area contributed by atoms with E-state index in [-0.39, 0.29) is 18.5 Å². The zero-order valence-corrected chi connectivity index (χ0v) is 10.4. The van der Waals surface area contributed by atoms with Crippen LogP contribution in [0.3, 0.4) is 0 Å². The van der Waals surface area contributed by atoms with E-state index in [4.69, 9.17) is 5.11 Å². The van der Waals surface area contributed by atoms with Crippen LogP contribution >= 0.6 is 0 Å². The quantitative estimate of drug-likeness (QED) is 0.758. The van der Waals surface area contributed by atoms with Crippen LogP contribution in [0.2, 0.25) is 0 Å². The Morgan fingerprint density at radius 3 is 2.65 bits per heavy atom. The molecule has 1 rings (SSSR count). The molecule has 1 heterocycles. The Balaban J connectivity index is 2.62. The van der Waals surface area contributed by atoms with Crippen molar-refractivity contribution in [1.29, 1.82) is 0 Å². The lowest BCUT2D eigenvalue weighted by Gasteiger charge is -2.33. The molecule has 1 N–H and O–H groups in total. The van der Waals surface area contributed by atoms with Gasteiger partial charge >= 0.3 is 12.0 Å². The van der Waals surface area contributed by atoms with Crippen molar-refractivity contribution < 1.29 is 14.7 Å². The molecule has 5 heteroatoms. The predicted octanol–water partition coefficient (Wildman–Crippen LogP) is 1.55. The Labute approximate surface area is 102 Å². The van der Waals surface area contributed by atoms with Crippen molar-refractivity contribution in [2.75, 3.05) is 19.6 Å². The second kappa shape index (κ2) is 6.27. The van der Waals surface area contributed by atoms with E-state index in [0.29, 0.717) is 19.6 Å². The van der Waals surface area contributed by atoms with Crippen molar-refractivity contribution in [1.82, 2.24) is 9.80 Å². The average Bonchev–Trinajstić information content (AvgIpc) is 2.30. The molecule has 0 radical (unpaired) electrons. The van der Waals surface area contributed by atoms with Crippen LogP contribution in [0.15, 0.2) is 12.2 Å². The zero-order chi connectivity index (χ0) is 12.8. The fourth-order valence-corrected chi connectivity index (χ4v) is 2.00. The highest BCUT2D eigenvalue weighted by atomic mass is 16.4. The van der Waals surface area contributed by atoms with Gasteiger partial charge in [0.15, 0.2) is 0 Å². The van der Waals surface area contributed by atoms with Gasteiger partial charge in [-0.05, 0) is 20.3 Å². The maximum atomic E-state index is 12.2. The number of carboxylic acid groups (broad SMARTS) is 1. The molecule has 0 fully saturated rings. The molecular formula is C12H20N2O3. The third-order valence-electron chi connectivity index (χ3n) is 2.92. The van der Waals surface area contributed by atoms with E-state index in [1.807, 2.05) is 13.0 Å². The minimum absolute atomic E-state index is 0.0107. The number of carboxylic acids is 1. The lowest BCUT2D eigenvalue weighted by Crippen LogP contribution is -2.48. The third-order valence-corrected chi connectivity index (χ3v) is 2.92. The van der Waals surface area contributed by atoms with E-state index < -0.39 is 5.97 Å². The van der Waals surface area contributed by atoms with Crippen LogP contribution in [-0.2, 0) is 4.79 Å². The summed E-state index contributed by atoms with van der Waals surface area (Å²) in [4.78, 5) is 26.2. The van der Waals surface area contributed by atoms with E-state index in [1.54, 1.807) is 16.7 Å². The summed E-state index contributed by atoms with van der Waals surface area (Å²) in [5.41, 5.74) is 0. The van der Waals surface area contributed by atoms with E-state index in [1.165, 1.54) is 0 Å². The molecule has 0 aliphatic carbocycles. The number of aliphatic carboxylic acids is 1. The highest BCUT2D eigenvalue weighted by molar-refractivity contribution is 5.76. The molecule has 0 saturated heterocycles. The summed E-state index contributed by atoms with van der Waals surface area (Å²) in [5, 5.41) is 8.76. The van der Waals surface area contributed by atoms with Gasteiger partial charge in [0.05, 0.1) is 6.42 Å². The molecule has 17 heavy (non-hydrogen) atoms. The monoisotopic (exact) mass is 240 g/mol. The van der Waals surface area contributed by atoms with Crippen molar-refractivity contribution >= 4 is 12.0 Å². The van der Waals surface area contributed by atoms with Crippen LogP contribution < -0.4 is 0 Å². The molecule has 1 aliphatic rings. The van der Waals surface area contributed by atoms with Crippen molar-refractivity contribution in [3.8, 4) is 0 Å². The highest BCUT2D eigenvalue weighted by Gasteiger charge is 2.25. The summed E-state index contributed by atoms with van der Waals surface area (Å²) in [6.07, 6.45) is 4.89. The number of hydrogen-bond donors (Lipinski definition) is 1. The Morgan fingerprint density at radius 2 is 2.18 bits per heavy atom. The van der Waals surface area contributed by atoms with E-state index in [2.05, 4.69) is 6.08 Å². The summed E-state index contributed by atoms with van der Waals surface area (Å²) in [7, 11) is 0. The number of carbonyl (C=O) groups excluding carboxylic acids is 1. The molecule has 5 nitrogen and oxygen atoms in total. The number of nitrogens with zero attached hydrogens (tertiary/aromatic N) is 2. The fourth-order valence-electron chi connectivity index (χ4n) is 2.00. The smallest absolute Gasteiger partial charge is 0.320 e. The second-order valence-corrected chi connectivity index (χ2v) is 4.22. The van der Waals surface area contributed by atoms with E-state index >= 15 is 0 Å². The summed E-state index contributed by atoms with van der Waals surface area (Å²) in [6.45, 7) is 5.51. The summed E-state index contributed by atoms with van der Waals surface area (Å²) in [6, 6.07) is -0.332. The topological polar surface area (TPSA) is 60.9 Å². The van der Waals surface area contributed by atoms with Gasteiger partial charge < -0.3 is 14.9 Å². The first-order valence-corrected chi connectivity index (χ1v) is 5.98. The van der Waals surface area contributed by atoms with Crippen LogP contribution in [0.25, 0.3) is 0 Å². The summed E-state index contributed by atoms with van der Waals surface area (Å²) < 4.78 is 0. The summed E-state index contributed by atoms with van der Waals surface area (Å²) >= 11 is 0. The molecular weight excluding hydrogens is 220 g/mol. The molecule has 0 bridgehead atoms. The Kier molecular flexibility index (Phi) is 5.00. The molecule has 96 valence electrons. The van der Waals surface area contributed by atoms with Crippen molar-refractivity contribution in [2.45, 2.75) is 32.7 Å². The molecule has 1 unspecified atom stereocenters. The first-order valence-electron chi connectivity index (χ1n) is 5.98. The number of amides is 2. The van der Waals surface area contributed by atoms with Gasteiger partial charge in [-0.25, -0.2) is 4.79 Å². The largest absolute Gasteiger partial charge is 0.481 e. The first kappa shape index (κ1) is 13.5. The van der Waals surface area contributed by atoms with Gasteiger partial charge in [0.2, 0.25) is 0 Å². The molecule has 0 saturated carbocycles. The maximum Gasteiger partial charge on any atom is 0.320 e. The molecule has 0 spiro atoms. The van der Waals surface area contributed by atoms with Crippen LogP contribution in [0.5, 0.6) is 0 Å². The van der Waals surface area contributed by atoms with Crippen molar-refractivity contribution in [2.24, 2.45) is 0 Å². The van der Waals surface area contributed by atoms with E-state index in [9.17, 15) is 9.59 Å². The van der Waals surface area contributed by atoms with Gasteiger partial charge in [0.25, 0.3) is 0 Å². The minimum Gasteiger partial charge on any atom is -0.481 e. The molecule has 1 aliphatic heterocycles. The number of hydrogen-bond acceptors (Lipinski definition) is 2. The second-order valence-electron chi connectivity index (χ2n) is 4.22. The Morgan fingerprint density at radius 1 is 1.47 bits per heavy atom. The van der Waals surface area contributed by atoms with Gasteiger partial charge in [-0.3, -0.25) is 4.79 Å². The van der Waals surface area contributed by atoms with Crippen LogP contribution in [-0.4, -0.2) is 52.6 Å². The zero-order valence-electron chi connectivity index (χ0n) is 10.4. The lowest BCUT2D eigenvalue weighted by molar-refractivity contribution is -0.138. The van der Waals surface area contributed by atoms with Gasteiger partial charge in [0.1, 0.15) is 0 Å². The van der Waals surface area contributed by atoms with Gasteiger partial charge in [-0.2, -0.15) is 0 Å². The van der Waals surface area contributed by atoms with Crippen molar-refractivity contribution in [3.63, 3.8) is 0 Å². The van der Waals surface area contributed by atoms with Gasteiger partial charge in [0, 0.05) is 25.7 Å². The van der Waals surface area contributed by atoms with Crippen LogP contribution in [0.4, 0.5) is 4.79 Å². The highest BCUT2D eigenvalue weighted by Crippen LogP contribution is 2.11. The van der Waals surface area contributed by atoms with Crippen LogP contribution in [0, 0.1) is 0 Å². The minimum atomic E-state index is -0.873. The van der Waals surface area contributed by atoms with Gasteiger partial charge in [-0.15, -0.1) is 0 Å². The fraction of sp³-hybridized carbons (Fsp3) is 0.667. The van der Waals surface area contributed by atoms with Crippen molar-refractivity contribution in [3.05, 3.63) is 12.2 Å². The maximum absolute atomic E-state index is 12.2. The lowest BCUT2D eigenvalue weighted by atomic mass is 10.2. The standard InChI is InChI=1S/C12H20N2O3/c1-3-14(10(2)9-11(15)16)12(17)13-7-5-4-6-8-13/h4-5,10H,3,6-9H2,1-2H3,(H,15,16). The summed E-state index contributed by atoms with van der Waals surface area (Å²) in [5.74, 6) is -0.873. The first-order chi connectivity index (χ1) is 8.06. The molecule has 2 amide bonds. The number of carbonyl (C=O) groups is 2.